The van der Waals surface area contributed by atoms with Gasteiger partial charge >= 0.3 is 11.8 Å². The van der Waals surface area contributed by atoms with Gasteiger partial charge in [0.25, 0.3) is 5.70 Å². The minimum Gasteiger partial charge on any atom is -0.873 e. The van der Waals surface area contributed by atoms with Crippen LogP contribution in [0, 0.1) is 0 Å². The van der Waals surface area contributed by atoms with Crippen molar-refractivity contribution in [2.24, 2.45) is 0 Å². The first-order chi connectivity index (χ1) is 6.66. The summed E-state index contributed by atoms with van der Waals surface area (Å²) in [5, 5.41) is 18.9. The average Bonchev–Trinajstić information content (AvgIpc) is 2.20. The molecule has 0 bridgehead atoms. The van der Waals surface area contributed by atoms with Crippen LogP contribution in [-0.4, -0.2) is 16.9 Å². The molecule has 0 radical (unpaired) electrons. The Bertz CT molecular complexity index is 383. The SMILES string of the molecule is O=C(O)C(=O)/C(=C/[O-])[n+]1ccccc1. The zero-order valence-electron chi connectivity index (χ0n) is 7.08. The van der Waals surface area contributed by atoms with E-state index >= 15 is 0 Å². The molecule has 0 unspecified atom stereocenters. The van der Waals surface area contributed by atoms with E-state index in [2.05, 4.69) is 0 Å². The number of carbonyl (C=O) groups excluding carboxylic acids is 1. The second kappa shape index (κ2) is 4.18. The number of rotatable bonds is 3. The van der Waals surface area contributed by atoms with Crippen LogP contribution in [0.3, 0.4) is 0 Å². The molecule has 0 spiro atoms. The Morgan fingerprint density at radius 3 is 2.21 bits per heavy atom. The highest BCUT2D eigenvalue weighted by molar-refractivity contribution is 6.47. The highest BCUT2D eigenvalue weighted by atomic mass is 16.4. The average molecular weight is 193 g/mol. The molecule has 1 N–H and O–H groups in total. The molecule has 0 aliphatic carbocycles. The van der Waals surface area contributed by atoms with Gasteiger partial charge in [-0.1, -0.05) is 12.3 Å². The van der Waals surface area contributed by atoms with E-state index in [0.717, 1.165) is 4.57 Å². The number of ketones is 1. The number of carbonyl (C=O) groups is 2. The molecule has 0 aliphatic heterocycles. The van der Waals surface area contributed by atoms with Gasteiger partial charge in [-0.15, -0.1) is 0 Å². The number of hydrogen-bond donors (Lipinski definition) is 1. The van der Waals surface area contributed by atoms with E-state index in [9.17, 15) is 14.7 Å². The number of nitrogens with zero attached hydrogens (tertiary/aromatic N) is 1. The fourth-order valence-corrected chi connectivity index (χ4v) is 0.900. The third kappa shape index (κ3) is 1.95. The standard InChI is InChI=1S/C9H7NO4/c11-6-7(8(12)9(13)14)10-4-2-1-3-5-10/h1-6H,(H-,11,12,13,14). The van der Waals surface area contributed by atoms with E-state index in [1.165, 1.54) is 12.4 Å². The molecule has 0 saturated carbocycles. The van der Waals surface area contributed by atoms with E-state index < -0.39 is 17.4 Å². The summed E-state index contributed by atoms with van der Waals surface area (Å²) in [4.78, 5) is 21.3. The minimum atomic E-state index is -1.65. The molecule has 1 aromatic heterocycles. The summed E-state index contributed by atoms with van der Waals surface area (Å²) in [7, 11) is 0. The Labute approximate surface area is 79.5 Å². The van der Waals surface area contributed by atoms with Crippen molar-refractivity contribution in [1.82, 2.24) is 0 Å². The molecule has 0 aliphatic rings. The Kier molecular flexibility index (Phi) is 2.96. The quantitative estimate of drug-likeness (QED) is 0.282. The van der Waals surface area contributed by atoms with Gasteiger partial charge in [0.1, 0.15) is 0 Å². The van der Waals surface area contributed by atoms with E-state index in [1.807, 2.05) is 0 Å². The van der Waals surface area contributed by atoms with Crippen molar-refractivity contribution in [3.8, 4) is 0 Å². The van der Waals surface area contributed by atoms with Gasteiger partial charge in [-0.2, -0.15) is 4.57 Å². The van der Waals surface area contributed by atoms with Gasteiger partial charge in [-0.05, 0) is 0 Å². The lowest BCUT2D eigenvalue weighted by Crippen LogP contribution is -2.38. The highest BCUT2D eigenvalue weighted by Gasteiger charge is 2.24. The Hall–Kier alpha value is -2.17. The fraction of sp³-hybridized carbons (Fsp3) is 0. The first-order valence-corrected chi connectivity index (χ1v) is 3.73. The van der Waals surface area contributed by atoms with Crippen LogP contribution in [0.15, 0.2) is 36.9 Å². The normalized spacial score (nSPS) is 11.0. The van der Waals surface area contributed by atoms with Crippen molar-refractivity contribution in [2.75, 3.05) is 0 Å². The molecule has 1 heterocycles. The summed E-state index contributed by atoms with van der Waals surface area (Å²) in [6.07, 6.45) is 3.06. The van der Waals surface area contributed by atoms with Crippen LogP contribution in [0.2, 0.25) is 0 Å². The van der Waals surface area contributed by atoms with Crippen molar-refractivity contribution >= 4 is 17.4 Å². The van der Waals surface area contributed by atoms with Crippen LogP contribution < -0.4 is 9.67 Å². The van der Waals surface area contributed by atoms with Crippen LogP contribution in [0.5, 0.6) is 0 Å². The molecule has 0 amide bonds. The van der Waals surface area contributed by atoms with Gasteiger partial charge in [-0.3, -0.25) is 4.79 Å². The molecule has 5 heteroatoms. The van der Waals surface area contributed by atoms with E-state index in [-0.39, 0.29) is 6.26 Å². The molecule has 1 rings (SSSR count). The molecule has 0 aromatic carbocycles. The smallest absolute Gasteiger partial charge is 0.383 e. The van der Waals surface area contributed by atoms with Gasteiger partial charge in [0, 0.05) is 12.1 Å². The number of aromatic nitrogens is 1. The number of Topliss-reactive ketones (excluding diaryl/α,β-unsaturated/α-hetero) is 1. The molecule has 72 valence electrons. The topological polar surface area (TPSA) is 81.3 Å². The van der Waals surface area contributed by atoms with Gasteiger partial charge < -0.3 is 10.2 Å². The molecule has 0 atom stereocenters. The lowest BCUT2D eigenvalue weighted by atomic mass is 10.3. The lowest BCUT2D eigenvalue weighted by molar-refractivity contribution is -0.580. The molecular weight excluding hydrogens is 186 g/mol. The van der Waals surface area contributed by atoms with E-state index in [4.69, 9.17) is 5.11 Å². The third-order valence-electron chi connectivity index (χ3n) is 1.53. The monoisotopic (exact) mass is 193 g/mol. The minimum absolute atomic E-state index is 0.219. The van der Waals surface area contributed by atoms with Crippen molar-refractivity contribution < 1.29 is 24.4 Å². The maximum atomic E-state index is 11.0. The fourth-order valence-electron chi connectivity index (χ4n) is 0.900. The summed E-state index contributed by atoms with van der Waals surface area (Å²) in [6, 6.07) is 4.85. The maximum Gasteiger partial charge on any atom is 0.383 e. The molecule has 0 saturated heterocycles. The van der Waals surface area contributed by atoms with Crippen LogP contribution in [0.25, 0.3) is 5.70 Å². The molecule has 14 heavy (non-hydrogen) atoms. The van der Waals surface area contributed by atoms with Crippen molar-refractivity contribution in [3.05, 3.63) is 36.9 Å². The number of carboxylic acids is 1. The third-order valence-corrected chi connectivity index (χ3v) is 1.53. The summed E-state index contributed by atoms with van der Waals surface area (Å²) < 4.78 is 1.16. The summed E-state index contributed by atoms with van der Waals surface area (Å²) in [6.45, 7) is 0. The summed E-state index contributed by atoms with van der Waals surface area (Å²) >= 11 is 0. The van der Waals surface area contributed by atoms with Crippen molar-refractivity contribution in [2.45, 2.75) is 0 Å². The van der Waals surface area contributed by atoms with Crippen molar-refractivity contribution in [3.63, 3.8) is 0 Å². The molecular formula is C9H7NO4. The second-order valence-corrected chi connectivity index (χ2v) is 2.42. The van der Waals surface area contributed by atoms with Crippen LogP contribution in [0.1, 0.15) is 0 Å². The number of pyridine rings is 1. The van der Waals surface area contributed by atoms with Gasteiger partial charge in [0.15, 0.2) is 12.4 Å². The maximum absolute atomic E-state index is 11.0. The van der Waals surface area contributed by atoms with Gasteiger partial charge in [0.2, 0.25) is 0 Å². The Balaban J connectivity index is 3.07. The summed E-state index contributed by atoms with van der Waals surface area (Å²) in [5.41, 5.74) is -0.418. The number of aliphatic carboxylic acids is 1. The Morgan fingerprint density at radius 2 is 1.79 bits per heavy atom. The zero-order valence-corrected chi connectivity index (χ0v) is 7.08. The Morgan fingerprint density at radius 1 is 1.21 bits per heavy atom. The van der Waals surface area contributed by atoms with E-state index in [0.29, 0.717) is 0 Å². The summed E-state index contributed by atoms with van der Waals surface area (Å²) in [5.74, 6) is -2.88. The molecule has 1 aromatic rings. The van der Waals surface area contributed by atoms with Crippen LogP contribution >= 0.6 is 0 Å². The van der Waals surface area contributed by atoms with Gasteiger partial charge in [0.05, 0.1) is 0 Å². The van der Waals surface area contributed by atoms with Crippen LogP contribution in [0.4, 0.5) is 0 Å². The first kappa shape index (κ1) is 9.91. The largest absolute Gasteiger partial charge is 0.873 e. The number of hydrogen-bond acceptors (Lipinski definition) is 3. The first-order valence-electron chi connectivity index (χ1n) is 3.73. The predicted octanol–water partition coefficient (Wildman–Crippen LogP) is -1.21. The number of carboxylic acid groups (broad SMARTS) is 1. The van der Waals surface area contributed by atoms with Crippen LogP contribution in [-0.2, 0) is 9.59 Å². The lowest BCUT2D eigenvalue weighted by Gasteiger charge is -1.98. The second-order valence-electron chi connectivity index (χ2n) is 2.42. The van der Waals surface area contributed by atoms with Crippen molar-refractivity contribution in [1.29, 1.82) is 0 Å². The zero-order chi connectivity index (χ0) is 10.6. The van der Waals surface area contributed by atoms with E-state index in [1.54, 1.807) is 18.2 Å². The molecule has 0 fully saturated rings. The molecule has 5 nitrogen and oxygen atoms in total. The highest BCUT2D eigenvalue weighted by Crippen LogP contribution is 1.93. The van der Waals surface area contributed by atoms with Gasteiger partial charge in [-0.25, -0.2) is 4.79 Å². The predicted molar refractivity (Wildman–Crippen MR) is 43.6 cm³/mol.